The minimum Gasteiger partial charge on any atom is -0.467 e. The summed E-state index contributed by atoms with van der Waals surface area (Å²) in [4.78, 5) is 20.0. The first-order valence-corrected chi connectivity index (χ1v) is 8.40. The molecule has 22 heavy (non-hydrogen) atoms. The van der Waals surface area contributed by atoms with Gasteiger partial charge in [-0.05, 0) is 45.7 Å². The zero-order valence-corrected chi connectivity index (χ0v) is 13.9. The highest BCUT2D eigenvalue weighted by atomic mass is 32.1. The quantitative estimate of drug-likeness (QED) is 0.912. The van der Waals surface area contributed by atoms with Gasteiger partial charge in [0.15, 0.2) is 0 Å². The largest absolute Gasteiger partial charge is 0.467 e. The Kier molecular flexibility index (Phi) is 4.20. The number of amides is 2. The SMILES string of the molecule is Cc1nc(C)c(CNC(=O)N(C2CC2)C(C)c2ccco2)s1. The topological polar surface area (TPSA) is 58.4 Å². The van der Waals surface area contributed by atoms with Crippen molar-refractivity contribution < 1.29 is 9.21 Å². The number of nitrogens with one attached hydrogen (secondary N) is 1. The van der Waals surface area contributed by atoms with Gasteiger partial charge < -0.3 is 14.6 Å². The predicted molar refractivity (Wildman–Crippen MR) is 85.8 cm³/mol. The molecule has 1 fully saturated rings. The van der Waals surface area contributed by atoms with Crippen LogP contribution in [0.25, 0.3) is 0 Å². The molecule has 2 amide bonds. The molecule has 1 atom stereocenters. The van der Waals surface area contributed by atoms with Gasteiger partial charge >= 0.3 is 6.03 Å². The van der Waals surface area contributed by atoms with E-state index < -0.39 is 0 Å². The minimum absolute atomic E-state index is 0.0307. The Bertz CT molecular complexity index is 646. The molecule has 2 aromatic heterocycles. The van der Waals surface area contributed by atoms with E-state index in [-0.39, 0.29) is 12.1 Å². The average molecular weight is 319 g/mol. The average Bonchev–Trinajstić information content (AvgIpc) is 3.03. The van der Waals surface area contributed by atoms with Crippen molar-refractivity contribution in [3.8, 4) is 0 Å². The number of hydrogen-bond donors (Lipinski definition) is 1. The molecule has 1 aliphatic rings. The van der Waals surface area contributed by atoms with Gasteiger partial charge in [0, 0.05) is 10.9 Å². The Hall–Kier alpha value is -1.82. The van der Waals surface area contributed by atoms with E-state index >= 15 is 0 Å². The lowest BCUT2D eigenvalue weighted by Crippen LogP contribution is -2.42. The third-order valence-corrected chi connectivity index (χ3v) is 5.02. The Morgan fingerprint density at radius 3 is 2.86 bits per heavy atom. The number of carbonyl (C=O) groups is 1. The minimum atomic E-state index is -0.0493. The number of aromatic nitrogens is 1. The summed E-state index contributed by atoms with van der Waals surface area (Å²) in [5.74, 6) is 0.826. The van der Waals surface area contributed by atoms with Crippen LogP contribution < -0.4 is 5.32 Å². The molecule has 3 rings (SSSR count). The summed E-state index contributed by atoms with van der Waals surface area (Å²) in [5, 5.41) is 4.07. The fraction of sp³-hybridized carbons (Fsp3) is 0.500. The number of hydrogen-bond acceptors (Lipinski definition) is 4. The van der Waals surface area contributed by atoms with Crippen LogP contribution in [-0.4, -0.2) is 22.0 Å². The lowest BCUT2D eigenvalue weighted by molar-refractivity contribution is 0.166. The fourth-order valence-electron chi connectivity index (χ4n) is 2.66. The maximum Gasteiger partial charge on any atom is 0.318 e. The monoisotopic (exact) mass is 319 g/mol. The van der Waals surface area contributed by atoms with Crippen LogP contribution in [0.4, 0.5) is 4.79 Å². The molecule has 2 heterocycles. The van der Waals surface area contributed by atoms with Gasteiger partial charge in [-0.25, -0.2) is 9.78 Å². The number of urea groups is 1. The maximum absolute atomic E-state index is 12.6. The van der Waals surface area contributed by atoms with Crippen molar-refractivity contribution in [1.29, 1.82) is 0 Å². The number of nitrogens with zero attached hydrogens (tertiary/aromatic N) is 2. The van der Waals surface area contributed by atoms with E-state index in [9.17, 15) is 4.79 Å². The molecule has 0 bridgehead atoms. The molecule has 0 aromatic carbocycles. The van der Waals surface area contributed by atoms with Crippen molar-refractivity contribution in [3.63, 3.8) is 0 Å². The zero-order chi connectivity index (χ0) is 15.7. The van der Waals surface area contributed by atoms with E-state index in [1.165, 1.54) is 0 Å². The molecular formula is C16H21N3O2S. The van der Waals surface area contributed by atoms with Crippen LogP contribution in [0.1, 0.15) is 47.1 Å². The molecule has 5 nitrogen and oxygen atoms in total. The van der Waals surface area contributed by atoms with Crippen molar-refractivity contribution in [1.82, 2.24) is 15.2 Å². The van der Waals surface area contributed by atoms with E-state index in [4.69, 9.17) is 4.42 Å². The third-order valence-electron chi connectivity index (χ3n) is 3.95. The first-order chi connectivity index (χ1) is 10.6. The molecule has 1 aliphatic carbocycles. The summed E-state index contributed by atoms with van der Waals surface area (Å²) in [6.45, 7) is 6.51. The van der Waals surface area contributed by atoms with Gasteiger partial charge in [-0.2, -0.15) is 0 Å². The molecule has 6 heteroatoms. The molecule has 0 aliphatic heterocycles. The van der Waals surface area contributed by atoms with Gasteiger partial charge in [0.05, 0.1) is 29.6 Å². The standard InChI is InChI=1S/C16H21N3O2S/c1-10-15(22-12(3)18-10)9-17-16(20)19(13-6-7-13)11(2)14-5-4-8-21-14/h4-5,8,11,13H,6-7,9H2,1-3H3,(H,17,20). The number of furan rings is 1. The second kappa shape index (κ2) is 6.12. The third kappa shape index (κ3) is 3.16. The molecular weight excluding hydrogens is 298 g/mol. The number of rotatable bonds is 5. The molecule has 1 unspecified atom stereocenters. The highest BCUT2D eigenvalue weighted by Crippen LogP contribution is 2.34. The molecule has 1 N–H and O–H groups in total. The van der Waals surface area contributed by atoms with E-state index in [1.807, 2.05) is 37.8 Å². The first kappa shape index (κ1) is 15.1. The van der Waals surface area contributed by atoms with Crippen molar-refractivity contribution in [2.45, 2.75) is 52.2 Å². The van der Waals surface area contributed by atoms with Crippen LogP contribution in [0.15, 0.2) is 22.8 Å². The summed E-state index contributed by atoms with van der Waals surface area (Å²) in [7, 11) is 0. The normalized spacial score (nSPS) is 15.6. The number of aryl methyl sites for hydroxylation is 2. The van der Waals surface area contributed by atoms with Crippen LogP contribution in [0.3, 0.4) is 0 Å². The zero-order valence-electron chi connectivity index (χ0n) is 13.1. The Balaban J connectivity index is 1.67. The smallest absolute Gasteiger partial charge is 0.318 e. The van der Waals surface area contributed by atoms with Crippen LogP contribution in [0, 0.1) is 13.8 Å². The van der Waals surface area contributed by atoms with Crippen LogP contribution in [0.5, 0.6) is 0 Å². The predicted octanol–water partition coefficient (Wildman–Crippen LogP) is 3.79. The van der Waals surface area contributed by atoms with Gasteiger partial charge in [0.1, 0.15) is 5.76 Å². The lowest BCUT2D eigenvalue weighted by Gasteiger charge is -2.28. The van der Waals surface area contributed by atoms with Crippen LogP contribution in [0.2, 0.25) is 0 Å². The van der Waals surface area contributed by atoms with E-state index in [0.717, 1.165) is 34.2 Å². The van der Waals surface area contributed by atoms with E-state index in [0.29, 0.717) is 12.6 Å². The first-order valence-electron chi connectivity index (χ1n) is 7.58. The van der Waals surface area contributed by atoms with Gasteiger partial charge in [0.25, 0.3) is 0 Å². The molecule has 2 aromatic rings. The molecule has 0 radical (unpaired) electrons. The van der Waals surface area contributed by atoms with Gasteiger partial charge in [-0.3, -0.25) is 0 Å². The maximum atomic E-state index is 12.6. The highest BCUT2D eigenvalue weighted by Gasteiger charge is 2.37. The summed E-state index contributed by atoms with van der Waals surface area (Å²) in [6, 6.07) is 4.02. The van der Waals surface area contributed by atoms with Gasteiger partial charge in [-0.15, -0.1) is 11.3 Å². The van der Waals surface area contributed by atoms with E-state index in [2.05, 4.69) is 10.3 Å². The Labute approximate surface area is 134 Å². The second-order valence-electron chi connectivity index (χ2n) is 5.73. The molecule has 1 saturated carbocycles. The summed E-state index contributed by atoms with van der Waals surface area (Å²) < 4.78 is 5.46. The van der Waals surface area contributed by atoms with Gasteiger partial charge in [-0.1, -0.05) is 0 Å². The van der Waals surface area contributed by atoms with Gasteiger partial charge in [0.2, 0.25) is 0 Å². The Morgan fingerprint density at radius 2 is 2.32 bits per heavy atom. The van der Waals surface area contributed by atoms with Crippen molar-refractivity contribution in [2.24, 2.45) is 0 Å². The molecule has 0 spiro atoms. The van der Waals surface area contributed by atoms with Crippen molar-refractivity contribution >= 4 is 17.4 Å². The van der Waals surface area contributed by atoms with Crippen LogP contribution in [-0.2, 0) is 6.54 Å². The van der Waals surface area contributed by atoms with Crippen LogP contribution >= 0.6 is 11.3 Å². The fourth-order valence-corrected chi connectivity index (χ4v) is 3.54. The summed E-state index contributed by atoms with van der Waals surface area (Å²) in [6.07, 6.45) is 3.78. The van der Waals surface area contributed by atoms with E-state index in [1.54, 1.807) is 17.6 Å². The summed E-state index contributed by atoms with van der Waals surface area (Å²) in [5.41, 5.74) is 1.000. The second-order valence-corrected chi connectivity index (χ2v) is 7.02. The highest BCUT2D eigenvalue weighted by molar-refractivity contribution is 7.11. The molecule has 118 valence electrons. The molecule has 0 saturated heterocycles. The number of carbonyl (C=O) groups excluding carboxylic acids is 1. The lowest BCUT2D eigenvalue weighted by atomic mass is 10.2. The summed E-state index contributed by atoms with van der Waals surface area (Å²) >= 11 is 1.64. The number of thiazole rings is 1. The van der Waals surface area contributed by atoms with Crippen molar-refractivity contribution in [3.05, 3.63) is 39.7 Å². The Morgan fingerprint density at radius 1 is 1.55 bits per heavy atom. The van der Waals surface area contributed by atoms with Crippen molar-refractivity contribution in [2.75, 3.05) is 0 Å².